The Labute approximate surface area is 258 Å². The fourth-order valence-corrected chi connectivity index (χ4v) is 6.71. The Morgan fingerprint density at radius 1 is 1.11 bits per heavy atom. The fraction of sp³-hybridized carbons (Fsp3) is 0.290. The summed E-state index contributed by atoms with van der Waals surface area (Å²) in [4.78, 5) is 38.4. The molecule has 1 fully saturated rings. The number of piperazine rings is 1. The summed E-state index contributed by atoms with van der Waals surface area (Å²) in [6.07, 6.45) is 2.24. The molecule has 0 aliphatic carbocycles. The van der Waals surface area contributed by atoms with E-state index in [1.165, 1.54) is 24.3 Å². The number of pyridine rings is 1. The highest BCUT2D eigenvalue weighted by atomic mass is 35.5. The van der Waals surface area contributed by atoms with Gasteiger partial charge in [0.15, 0.2) is 21.3 Å². The molecule has 0 unspecified atom stereocenters. The number of anilines is 1. The van der Waals surface area contributed by atoms with E-state index >= 15 is 8.78 Å². The van der Waals surface area contributed by atoms with E-state index in [1.807, 2.05) is 20.8 Å². The van der Waals surface area contributed by atoms with Gasteiger partial charge in [-0.1, -0.05) is 50.2 Å². The molecule has 44 heavy (non-hydrogen) atoms. The van der Waals surface area contributed by atoms with Gasteiger partial charge in [-0.3, -0.25) is 4.79 Å². The zero-order valence-corrected chi connectivity index (χ0v) is 26.1. The van der Waals surface area contributed by atoms with Crippen LogP contribution in [0.3, 0.4) is 0 Å². The molecule has 2 aromatic heterocycles. The zero-order chi connectivity index (χ0) is 32.1. The number of sulfone groups is 1. The second-order valence-electron chi connectivity index (χ2n) is 11.0. The molecule has 3 heterocycles. The van der Waals surface area contributed by atoms with Crippen molar-refractivity contribution in [3.63, 3.8) is 0 Å². The van der Waals surface area contributed by atoms with Crippen LogP contribution in [-0.2, 0) is 14.6 Å². The molecule has 0 radical (unpaired) electrons. The molecule has 1 atom stereocenters. The van der Waals surface area contributed by atoms with Crippen molar-refractivity contribution in [2.75, 3.05) is 30.8 Å². The van der Waals surface area contributed by atoms with Crippen molar-refractivity contribution in [3.8, 4) is 16.9 Å². The summed E-state index contributed by atoms with van der Waals surface area (Å²) in [5.74, 6) is -2.15. The van der Waals surface area contributed by atoms with Crippen molar-refractivity contribution >= 4 is 44.2 Å². The van der Waals surface area contributed by atoms with Gasteiger partial charge in [0.25, 0.3) is 0 Å². The van der Waals surface area contributed by atoms with Gasteiger partial charge in [0.2, 0.25) is 5.91 Å². The van der Waals surface area contributed by atoms with Gasteiger partial charge < -0.3 is 9.80 Å². The second kappa shape index (κ2) is 11.7. The van der Waals surface area contributed by atoms with Crippen LogP contribution >= 0.6 is 11.6 Å². The Balaban J connectivity index is 1.90. The van der Waals surface area contributed by atoms with E-state index in [9.17, 15) is 18.0 Å². The van der Waals surface area contributed by atoms with Crippen LogP contribution in [0.25, 0.3) is 28.0 Å². The molecular formula is C31H30ClF2N5O4S. The molecule has 1 saturated heterocycles. The smallest absolute Gasteiger partial charge is 0.350 e. The number of nitrogens with zero attached hydrogens (tertiary/aromatic N) is 5. The molecule has 1 aliphatic rings. The summed E-state index contributed by atoms with van der Waals surface area (Å²) in [5, 5.41) is -0.0124. The van der Waals surface area contributed by atoms with Crippen molar-refractivity contribution in [1.29, 1.82) is 0 Å². The van der Waals surface area contributed by atoms with E-state index in [4.69, 9.17) is 11.6 Å². The Hall–Kier alpha value is -4.16. The summed E-state index contributed by atoms with van der Waals surface area (Å²) in [6, 6.07) is 9.26. The first-order valence-electron chi connectivity index (χ1n) is 13.8. The predicted octanol–water partition coefficient (Wildman–Crippen LogP) is 5.13. The average Bonchev–Trinajstić information content (AvgIpc) is 2.96. The predicted molar refractivity (Wildman–Crippen MR) is 166 cm³/mol. The molecule has 0 bridgehead atoms. The Morgan fingerprint density at radius 3 is 2.43 bits per heavy atom. The largest absolute Gasteiger partial charge is 0.355 e. The zero-order valence-electron chi connectivity index (χ0n) is 24.5. The monoisotopic (exact) mass is 641 g/mol. The first-order valence-corrected chi connectivity index (χ1v) is 16.1. The molecule has 4 aromatic rings. The molecule has 1 amide bonds. The first-order chi connectivity index (χ1) is 20.7. The number of carbonyl (C=O) groups excluding carboxylic acids is 1. The molecule has 0 N–H and O–H groups in total. The van der Waals surface area contributed by atoms with Crippen molar-refractivity contribution in [1.82, 2.24) is 19.4 Å². The minimum absolute atomic E-state index is 0.0261. The fourth-order valence-electron chi connectivity index (χ4n) is 5.57. The van der Waals surface area contributed by atoms with Crippen molar-refractivity contribution in [2.45, 2.75) is 37.6 Å². The number of halogens is 3. The van der Waals surface area contributed by atoms with Crippen molar-refractivity contribution < 1.29 is 22.0 Å². The van der Waals surface area contributed by atoms with Crippen LogP contribution in [0.15, 0.2) is 64.8 Å². The molecule has 13 heteroatoms. The maximum atomic E-state index is 16.0. The number of benzene rings is 2. The minimum atomic E-state index is -3.89. The van der Waals surface area contributed by atoms with E-state index < -0.39 is 32.9 Å². The molecular weight excluding hydrogens is 612 g/mol. The quantitative estimate of drug-likeness (QED) is 0.269. The number of hydrogen-bond donors (Lipinski definition) is 0. The van der Waals surface area contributed by atoms with Gasteiger partial charge >= 0.3 is 5.69 Å². The SMILES string of the molecule is C=CC(=O)N1CCN(c2nc(=O)n(-c3c(C(C)C)cccc3S(C)(=O)=O)c3nc(-c4c(F)cccc4Cl)c(F)cc23)[C@@H](C)C1. The lowest BCUT2D eigenvalue weighted by molar-refractivity contribution is -0.126. The van der Waals surface area contributed by atoms with E-state index in [1.54, 1.807) is 21.9 Å². The normalized spacial score (nSPS) is 15.7. The maximum absolute atomic E-state index is 16.0. The van der Waals surface area contributed by atoms with E-state index in [0.717, 1.165) is 23.0 Å². The molecule has 0 saturated carbocycles. The summed E-state index contributed by atoms with van der Waals surface area (Å²) in [6.45, 7) is 9.86. The molecule has 1 aliphatic heterocycles. The maximum Gasteiger partial charge on any atom is 0.355 e. The molecule has 5 rings (SSSR count). The standard InChI is InChI=1S/C31H30ClF2N5O4S/c1-6-25(40)37-13-14-38(18(4)16-37)29-20-15-23(34)27(26-21(32)10-8-11-22(26)33)35-30(20)39(31(41)36-29)28-19(17(2)3)9-7-12-24(28)44(5,42)43/h6-12,15,17-18H,1,13-14,16H2,2-5H3/t18-/m0/s1. The van der Waals surface area contributed by atoms with Crippen LogP contribution in [0.1, 0.15) is 32.3 Å². The first kappa shape index (κ1) is 31.3. The lowest BCUT2D eigenvalue weighted by Crippen LogP contribution is -2.54. The van der Waals surface area contributed by atoms with Crippen LogP contribution in [0.4, 0.5) is 14.6 Å². The van der Waals surface area contributed by atoms with Crippen LogP contribution in [-0.4, -0.2) is 65.7 Å². The van der Waals surface area contributed by atoms with Crippen molar-refractivity contribution in [3.05, 3.63) is 87.8 Å². The van der Waals surface area contributed by atoms with Crippen LogP contribution in [0.2, 0.25) is 5.02 Å². The topological polar surface area (TPSA) is 105 Å². The van der Waals surface area contributed by atoms with Gasteiger partial charge in [0, 0.05) is 31.9 Å². The van der Waals surface area contributed by atoms with Crippen molar-refractivity contribution in [2.24, 2.45) is 0 Å². The Morgan fingerprint density at radius 2 is 1.82 bits per heavy atom. The highest BCUT2D eigenvalue weighted by Crippen LogP contribution is 2.37. The number of rotatable bonds is 6. The molecule has 2 aromatic carbocycles. The van der Waals surface area contributed by atoms with Crippen LogP contribution in [0.5, 0.6) is 0 Å². The second-order valence-corrected chi connectivity index (χ2v) is 13.4. The average molecular weight is 642 g/mol. The van der Waals surface area contributed by atoms with E-state index in [0.29, 0.717) is 5.56 Å². The molecule has 0 spiro atoms. The highest BCUT2D eigenvalue weighted by Gasteiger charge is 2.31. The number of para-hydroxylation sites is 1. The summed E-state index contributed by atoms with van der Waals surface area (Å²) in [7, 11) is -3.89. The van der Waals surface area contributed by atoms with Gasteiger partial charge in [-0.25, -0.2) is 31.5 Å². The van der Waals surface area contributed by atoms with Gasteiger partial charge in [-0.15, -0.1) is 0 Å². The molecule has 9 nitrogen and oxygen atoms in total. The number of fused-ring (bicyclic) bond motifs is 1. The Bertz CT molecular complexity index is 1980. The van der Waals surface area contributed by atoms with Crippen LogP contribution < -0.4 is 10.6 Å². The lowest BCUT2D eigenvalue weighted by Gasteiger charge is -2.40. The third kappa shape index (κ3) is 5.48. The van der Waals surface area contributed by atoms with E-state index in [2.05, 4.69) is 16.5 Å². The summed E-state index contributed by atoms with van der Waals surface area (Å²) < 4.78 is 58.1. The molecule has 230 valence electrons. The van der Waals surface area contributed by atoms with Gasteiger partial charge in [0.1, 0.15) is 17.3 Å². The summed E-state index contributed by atoms with van der Waals surface area (Å²) >= 11 is 6.30. The number of hydrogen-bond acceptors (Lipinski definition) is 7. The van der Waals surface area contributed by atoms with Crippen LogP contribution in [0, 0.1) is 11.6 Å². The highest BCUT2D eigenvalue weighted by molar-refractivity contribution is 7.90. The lowest BCUT2D eigenvalue weighted by atomic mass is 10.0. The minimum Gasteiger partial charge on any atom is -0.350 e. The number of carbonyl (C=O) groups is 1. The van der Waals surface area contributed by atoms with Gasteiger partial charge in [0.05, 0.1) is 26.6 Å². The van der Waals surface area contributed by atoms with E-state index in [-0.39, 0.29) is 75.5 Å². The van der Waals surface area contributed by atoms with Gasteiger partial charge in [-0.05, 0) is 48.7 Å². The summed E-state index contributed by atoms with van der Waals surface area (Å²) in [5.41, 5.74) is -1.23. The van der Waals surface area contributed by atoms with Gasteiger partial charge in [-0.2, -0.15) is 4.98 Å². The third-order valence-electron chi connectivity index (χ3n) is 7.66. The number of aromatic nitrogens is 3. The number of amides is 1. The Kier molecular flexibility index (Phi) is 8.34. The third-order valence-corrected chi connectivity index (χ3v) is 9.11.